The molecule has 1 fully saturated rings. The molecule has 1 aromatic carbocycles. The molecule has 0 aromatic heterocycles. The molecule has 1 aliphatic carbocycles. The Hall–Kier alpha value is -0.860. The van der Waals surface area contributed by atoms with E-state index in [-0.39, 0.29) is 24.0 Å². The third-order valence-corrected chi connectivity index (χ3v) is 4.97. The Balaban J connectivity index is 0.00000392. The van der Waals surface area contributed by atoms with Gasteiger partial charge in [-0.2, -0.15) is 0 Å². The molecule has 2 rings (SSSR count). The average molecular weight is 502 g/mol. The van der Waals surface area contributed by atoms with Crippen molar-refractivity contribution in [3.63, 3.8) is 0 Å². The topological polar surface area (TPSA) is 48.9 Å². The summed E-state index contributed by atoms with van der Waals surface area (Å²) in [7, 11) is 0. The van der Waals surface area contributed by atoms with Crippen molar-refractivity contribution in [2.45, 2.75) is 53.1 Å². The number of benzene rings is 1. The zero-order valence-corrected chi connectivity index (χ0v) is 20.2. The zero-order chi connectivity index (χ0) is 19.3. The van der Waals surface area contributed by atoms with Gasteiger partial charge in [-0.05, 0) is 56.3 Å². The molecule has 28 heavy (non-hydrogen) atoms. The van der Waals surface area contributed by atoms with Gasteiger partial charge in [-0.1, -0.05) is 38.1 Å². The summed E-state index contributed by atoms with van der Waals surface area (Å²) >= 11 is 0. The first-order valence-corrected chi connectivity index (χ1v) is 10.7. The number of aliphatic imine (C=N–C) groups is 1. The summed E-state index contributed by atoms with van der Waals surface area (Å²) in [6.07, 6.45) is 3.71. The van der Waals surface area contributed by atoms with Gasteiger partial charge in [-0.15, -0.1) is 24.0 Å². The van der Waals surface area contributed by atoms with Crippen molar-refractivity contribution >= 4 is 29.9 Å². The Morgan fingerprint density at radius 1 is 1.11 bits per heavy atom. The molecule has 1 saturated carbocycles. The number of nitrogens with one attached hydrogen (secondary N) is 2. The Bertz CT molecular complexity index is 559. The molecule has 0 radical (unpaired) electrons. The summed E-state index contributed by atoms with van der Waals surface area (Å²) in [5.74, 6) is 1.73. The number of ether oxygens (including phenoxy) is 1. The van der Waals surface area contributed by atoms with Crippen molar-refractivity contribution in [2.75, 3.05) is 39.4 Å². The Kier molecular flexibility index (Phi) is 13.5. The molecule has 2 N–H and O–H groups in total. The maximum atomic E-state index is 5.70. The second kappa shape index (κ2) is 15.0. The van der Waals surface area contributed by atoms with Gasteiger partial charge < -0.3 is 15.4 Å². The van der Waals surface area contributed by atoms with Crippen LogP contribution in [-0.4, -0.2) is 50.3 Å². The molecular formula is C22H39IN4O. The second-order valence-corrected chi connectivity index (χ2v) is 7.22. The smallest absolute Gasteiger partial charge is 0.191 e. The largest absolute Gasteiger partial charge is 0.381 e. The molecule has 0 amide bonds. The van der Waals surface area contributed by atoms with Crippen LogP contribution in [0.4, 0.5) is 0 Å². The van der Waals surface area contributed by atoms with Gasteiger partial charge in [0, 0.05) is 32.8 Å². The number of nitrogens with zero attached hydrogens (tertiary/aromatic N) is 2. The maximum absolute atomic E-state index is 5.70. The van der Waals surface area contributed by atoms with Crippen LogP contribution in [0.5, 0.6) is 0 Å². The summed E-state index contributed by atoms with van der Waals surface area (Å²) in [5.41, 5.74) is 2.67. The Morgan fingerprint density at radius 3 is 2.46 bits per heavy atom. The molecule has 0 unspecified atom stereocenters. The van der Waals surface area contributed by atoms with E-state index < -0.39 is 0 Å². The molecular weight excluding hydrogens is 463 g/mol. The van der Waals surface area contributed by atoms with Gasteiger partial charge in [-0.3, -0.25) is 4.90 Å². The highest BCUT2D eigenvalue weighted by Gasteiger charge is 2.20. The molecule has 0 spiro atoms. The monoisotopic (exact) mass is 502 g/mol. The highest BCUT2D eigenvalue weighted by atomic mass is 127. The van der Waals surface area contributed by atoms with E-state index >= 15 is 0 Å². The van der Waals surface area contributed by atoms with E-state index in [9.17, 15) is 0 Å². The predicted octanol–water partition coefficient (Wildman–Crippen LogP) is 4.02. The number of halogens is 1. The molecule has 160 valence electrons. The quantitative estimate of drug-likeness (QED) is 0.185. The third kappa shape index (κ3) is 10.1. The van der Waals surface area contributed by atoms with E-state index in [0.717, 1.165) is 64.2 Å². The summed E-state index contributed by atoms with van der Waals surface area (Å²) in [6.45, 7) is 13.9. The van der Waals surface area contributed by atoms with Crippen LogP contribution in [0.25, 0.3) is 0 Å². The van der Waals surface area contributed by atoms with Crippen LogP contribution in [0.15, 0.2) is 29.3 Å². The van der Waals surface area contributed by atoms with Crippen LogP contribution < -0.4 is 10.6 Å². The van der Waals surface area contributed by atoms with Crippen molar-refractivity contribution in [2.24, 2.45) is 10.9 Å². The van der Waals surface area contributed by atoms with Crippen LogP contribution >= 0.6 is 24.0 Å². The molecule has 1 aliphatic rings. The number of rotatable bonds is 13. The Morgan fingerprint density at radius 2 is 1.82 bits per heavy atom. The summed E-state index contributed by atoms with van der Waals surface area (Å²) in [6, 6.07) is 8.64. The normalized spacial score (nSPS) is 14.1. The van der Waals surface area contributed by atoms with Crippen molar-refractivity contribution in [3.05, 3.63) is 35.4 Å². The predicted molar refractivity (Wildman–Crippen MR) is 129 cm³/mol. The maximum Gasteiger partial charge on any atom is 0.191 e. The van der Waals surface area contributed by atoms with Crippen molar-refractivity contribution in [1.82, 2.24) is 15.5 Å². The Labute approximate surface area is 188 Å². The van der Waals surface area contributed by atoms with Crippen LogP contribution in [0.2, 0.25) is 0 Å². The minimum atomic E-state index is 0. The summed E-state index contributed by atoms with van der Waals surface area (Å²) in [4.78, 5) is 7.23. The first kappa shape index (κ1) is 25.2. The lowest BCUT2D eigenvalue weighted by Crippen LogP contribution is -2.38. The van der Waals surface area contributed by atoms with Gasteiger partial charge in [0.25, 0.3) is 0 Å². The standard InChI is InChI=1S/C22H38N4O.HI/c1-4-23-22(24-14-9-15-27-18-19-12-13-19)25-16-20-10-7-8-11-21(20)17-26(5-2)6-3;/h7-8,10-11,19H,4-6,9,12-18H2,1-3H3,(H2,23,24,25);1H. The van der Waals surface area contributed by atoms with Gasteiger partial charge in [-0.25, -0.2) is 4.99 Å². The highest BCUT2D eigenvalue weighted by molar-refractivity contribution is 14.0. The molecule has 0 bridgehead atoms. The summed E-state index contributed by atoms with van der Waals surface area (Å²) in [5, 5.41) is 6.77. The average Bonchev–Trinajstić information content (AvgIpc) is 3.52. The zero-order valence-electron chi connectivity index (χ0n) is 17.9. The SMILES string of the molecule is CCNC(=NCc1ccccc1CN(CC)CC)NCCCOCC1CC1.I. The highest BCUT2D eigenvalue weighted by Crippen LogP contribution is 2.28. The minimum Gasteiger partial charge on any atom is -0.381 e. The summed E-state index contributed by atoms with van der Waals surface area (Å²) < 4.78 is 5.70. The van der Waals surface area contributed by atoms with Crippen LogP contribution in [-0.2, 0) is 17.8 Å². The first-order valence-electron chi connectivity index (χ1n) is 10.7. The lowest BCUT2D eigenvalue weighted by atomic mass is 10.1. The fraction of sp³-hybridized carbons (Fsp3) is 0.682. The van der Waals surface area contributed by atoms with Crippen LogP contribution in [0, 0.1) is 5.92 Å². The number of hydrogen-bond acceptors (Lipinski definition) is 3. The van der Waals surface area contributed by atoms with E-state index in [0.29, 0.717) is 6.54 Å². The second-order valence-electron chi connectivity index (χ2n) is 7.22. The molecule has 0 aliphatic heterocycles. The number of hydrogen-bond donors (Lipinski definition) is 2. The molecule has 0 saturated heterocycles. The van der Waals surface area contributed by atoms with Gasteiger partial charge in [0.2, 0.25) is 0 Å². The van der Waals surface area contributed by atoms with Crippen LogP contribution in [0.1, 0.15) is 51.2 Å². The molecule has 0 atom stereocenters. The van der Waals surface area contributed by atoms with Gasteiger partial charge in [0.15, 0.2) is 5.96 Å². The van der Waals surface area contributed by atoms with E-state index in [1.165, 1.54) is 24.0 Å². The van der Waals surface area contributed by atoms with E-state index in [1.807, 2.05) is 0 Å². The van der Waals surface area contributed by atoms with E-state index in [1.54, 1.807) is 0 Å². The first-order chi connectivity index (χ1) is 13.3. The van der Waals surface area contributed by atoms with E-state index in [4.69, 9.17) is 9.73 Å². The van der Waals surface area contributed by atoms with Gasteiger partial charge in [0.1, 0.15) is 0 Å². The van der Waals surface area contributed by atoms with Crippen molar-refractivity contribution < 1.29 is 4.74 Å². The lowest BCUT2D eigenvalue weighted by Gasteiger charge is -2.20. The third-order valence-electron chi connectivity index (χ3n) is 4.97. The molecule has 5 nitrogen and oxygen atoms in total. The fourth-order valence-corrected chi connectivity index (χ4v) is 2.98. The lowest BCUT2D eigenvalue weighted by molar-refractivity contribution is 0.123. The van der Waals surface area contributed by atoms with Gasteiger partial charge in [0.05, 0.1) is 6.54 Å². The molecule has 0 heterocycles. The fourth-order valence-electron chi connectivity index (χ4n) is 2.98. The van der Waals surface area contributed by atoms with Crippen molar-refractivity contribution in [1.29, 1.82) is 0 Å². The molecule has 1 aromatic rings. The van der Waals surface area contributed by atoms with E-state index in [2.05, 4.69) is 60.6 Å². The van der Waals surface area contributed by atoms with Gasteiger partial charge >= 0.3 is 0 Å². The van der Waals surface area contributed by atoms with Crippen molar-refractivity contribution in [3.8, 4) is 0 Å². The molecule has 6 heteroatoms. The minimum absolute atomic E-state index is 0. The number of guanidine groups is 1. The van der Waals surface area contributed by atoms with Crippen LogP contribution in [0.3, 0.4) is 0 Å².